The summed E-state index contributed by atoms with van der Waals surface area (Å²) in [6, 6.07) is 5.52. The van der Waals surface area contributed by atoms with E-state index in [4.69, 9.17) is 4.74 Å². The van der Waals surface area contributed by atoms with E-state index in [2.05, 4.69) is 36.4 Å². The standard InChI is InChI=1S/C24H27BrN4O4/c1-14-21(15(2)30)20(13-18-17-12-16(25)4-5-19(17)28-23(18)31)27-22(14)24(32)26-6-3-7-29-8-10-33-11-9-29/h4-5,12-13,27H,3,6-11H2,1-2H3,(H,26,32)(H,28,31). The van der Waals surface area contributed by atoms with Gasteiger partial charge in [0.25, 0.3) is 11.8 Å². The lowest BCUT2D eigenvalue weighted by molar-refractivity contribution is -0.110. The number of ketones is 1. The molecule has 1 aromatic carbocycles. The largest absolute Gasteiger partial charge is 0.379 e. The fourth-order valence-corrected chi connectivity index (χ4v) is 4.63. The van der Waals surface area contributed by atoms with E-state index in [1.807, 2.05) is 18.2 Å². The molecule has 2 aromatic rings. The number of aromatic nitrogens is 1. The third-order valence-electron chi connectivity index (χ3n) is 5.95. The number of rotatable bonds is 7. The maximum absolute atomic E-state index is 12.9. The first kappa shape index (κ1) is 23.4. The van der Waals surface area contributed by atoms with Gasteiger partial charge in [0.1, 0.15) is 5.69 Å². The summed E-state index contributed by atoms with van der Waals surface area (Å²) in [5, 5.41) is 5.77. The summed E-state index contributed by atoms with van der Waals surface area (Å²) < 4.78 is 6.20. The maximum atomic E-state index is 12.9. The van der Waals surface area contributed by atoms with Gasteiger partial charge >= 0.3 is 0 Å². The van der Waals surface area contributed by atoms with Crippen LogP contribution in [0.15, 0.2) is 22.7 Å². The fourth-order valence-electron chi connectivity index (χ4n) is 4.27. The molecule has 0 bridgehead atoms. The van der Waals surface area contributed by atoms with Crippen LogP contribution in [0.25, 0.3) is 11.6 Å². The molecule has 0 radical (unpaired) electrons. The van der Waals surface area contributed by atoms with Crippen molar-refractivity contribution in [3.05, 3.63) is 50.8 Å². The summed E-state index contributed by atoms with van der Waals surface area (Å²) >= 11 is 3.44. The third-order valence-corrected chi connectivity index (χ3v) is 6.45. The predicted octanol–water partition coefficient (Wildman–Crippen LogP) is 3.23. The number of morpholine rings is 1. The van der Waals surface area contributed by atoms with E-state index in [0.29, 0.717) is 40.3 Å². The number of hydrogen-bond acceptors (Lipinski definition) is 5. The molecule has 3 N–H and O–H groups in total. The first-order valence-electron chi connectivity index (χ1n) is 11.0. The van der Waals surface area contributed by atoms with Crippen LogP contribution in [0.3, 0.4) is 0 Å². The van der Waals surface area contributed by atoms with Crippen LogP contribution < -0.4 is 10.6 Å². The van der Waals surface area contributed by atoms with Crippen LogP contribution >= 0.6 is 15.9 Å². The molecule has 1 saturated heterocycles. The lowest BCUT2D eigenvalue weighted by atomic mass is 10.0. The van der Waals surface area contributed by atoms with Crippen molar-refractivity contribution in [3.8, 4) is 0 Å². The Morgan fingerprint density at radius 1 is 1.27 bits per heavy atom. The monoisotopic (exact) mass is 514 g/mol. The number of carbonyl (C=O) groups excluding carboxylic acids is 3. The molecule has 0 atom stereocenters. The minimum atomic E-state index is -0.263. The number of fused-ring (bicyclic) bond motifs is 1. The molecule has 2 aliphatic rings. The van der Waals surface area contributed by atoms with Gasteiger partial charge in [-0.3, -0.25) is 19.3 Å². The molecule has 0 saturated carbocycles. The lowest BCUT2D eigenvalue weighted by Gasteiger charge is -2.26. The zero-order valence-corrected chi connectivity index (χ0v) is 20.3. The number of ether oxygens (including phenoxy) is 1. The molecular formula is C24H27BrN4O4. The van der Waals surface area contributed by atoms with Crippen LogP contribution in [0, 0.1) is 6.92 Å². The van der Waals surface area contributed by atoms with Crippen molar-refractivity contribution in [2.24, 2.45) is 0 Å². The molecule has 1 aromatic heterocycles. The molecule has 0 spiro atoms. The van der Waals surface area contributed by atoms with Gasteiger partial charge < -0.3 is 20.4 Å². The van der Waals surface area contributed by atoms with Crippen molar-refractivity contribution < 1.29 is 19.1 Å². The van der Waals surface area contributed by atoms with Gasteiger partial charge in [-0.05, 0) is 56.7 Å². The normalized spacial score (nSPS) is 17.2. The van der Waals surface area contributed by atoms with Gasteiger partial charge in [0.15, 0.2) is 5.78 Å². The number of Topliss-reactive ketones (excluding diaryl/α,β-unsaturated/α-hetero) is 1. The molecule has 1 fully saturated rings. The van der Waals surface area contributed by atoms with Gasteiger partial charge in [-0.1, -0.05) is 15.9 Å². The molecule has 2 aliphatic heterocycles. The predicted molar refractivity (Wildman–Crippen MR) is 130 cm³/mol. The number of amides is 2. The number of nitrogens with zero attached hydrogens (tertiary/aromatic N) is 1. The van der Waals surface area contributed by atoms with E-state index < -0.39 is 0 Å². The maximum Gasteiger partial charge on any atom is 0.268 e. The topological polar surface area (TPSA) is 104 Å². The van der Waals surface area contributed by atoms with Crippen molar-refractivity contribution in [2.75, 3.05) is 44.7 Å². The highest BCUT2D eigenvalue weighted by Gasteiger charge is 2.27. The molecule has 3 heterocycles. The van der Waals surface area contributed by atoms with Crippen molar-refractivity contribution in [2.45, 2.75) is 20.3 Å². The van der Waals surface area contributed by atoms with E-state index >= 15 is 0 Å². The Kier molecular flexibility index (Phi) is 7.11. The van der Waals surface area contributed by atoms with E-state index in [9.17, 15) is 14.4 Å². The summed E-state index contributed by atoms with van der Waals surface area (Å²) in [4.78, 5) is 43.2. The molecule has 8 nitrogen and oxygen atoms in total. The summed E-state index contributed by atoms with van der Waals surface area (Å²) in [7, 11) is 0. The van der Waals surface area contributed by atoms with Crippen molar-refractivity contribution in [3.63, 3.8) is 0 Å². The molecule has 174 valence electrons. The molecule has 0 unspecified atom stereocenters. The Balaban J connectivity index is 1.53. The zero-order valence-electron chi connectivity index (χ0n) is 18.7. The first-order valence-corrected chi connectivity index (χ1v) is 11.8. The second-order valence-electron chi connectivity index (χ2n) is 8.24. The minimum Gasteiger partial charge on any atom is -0.379 e. The second-order valence-corrected chi connectivity index (χ2v) is 9.15. The Morgan fingerprint density at radius 2 is 2.03 bits per heavy atom. The van der Waals surface area contributed by atoms with Crippen LogP contribution in [-0.2, 0) is 9.53 Å². The number of nitrogens with one attached hydrogen (secondary N) is 3. The van der Waals surface area contributed by atoms with Gasteiger partial charge in [-0.2, -0.15) is 0 Å². The highest BCUT2D eigenvalue weighted by molar-refractivity contribution is 9.10. The van der Waals surface area contributed by atoms with Crippen LogP contribution in [0.4, 0.5) is 5.69 Å². The van der Waals surface area contributed by atoms with Gasteiger partial charge in [0.2, 0.25) is 0 Å². The first-order chi connectivity index (χ1) is 15.8. The zero-order chi connectivity index (χ0) is 23.5. The summed E-state index contributed by atoms with van der Waals surface area (Å²) in [5.74, 6) is -0.686. The molecule has 4 rings (SSSR count). The summed E-state index contributed by atoms with van der Waals surface area (Å²) in [6.45, 7) is 7.96. The number of carbonyl (C=O) groups is 3. The van der Waals surface area contributed by atoms with E-state index in [0.717, 1.165) is 49.3 Å². The van der Waals surface area contributed by atoms with Gasteiger partial charge in [0.05, 0.1) is 24.5 Å². The SMILES string of the molecule is CC(=O)c1c(C=C2C(=O)Nc3ccc(Br)cc32)[nH]c(C(=O)NCCCN2CCOCC2)c1C. The van der Waals surface area contributed by atoms with Gasteiger partial charge in [-0.15, -0.1) is 0 Å². The fraction of sp³-hybridized carbons (Fsp3) is 0.375. The molecule has 33 heavy (non-hydrogen) atoms. The van der Waals surface area contributed by atoms with E-state index in [1.54, 1.807) is 13.0 Å². The average Bonchev–Trinajstić information content (AvgIpc) is 3.28. The van der Waals surface area contributed by atoms with Crippen LogP contribution in [0.1, 0.15) is 51.0 Å². The highest BCUT2D eigenvalue weighted by atomic mass is 79.9. The molecule has 2 amide bonds. The minimum absolute atomic E-state index is 0.171. The van der Waals surface area contributed by atoms with Crippen LogP contribution in [0.5, 0.6) is 0 Å². The third kappa shape index (κ3) is 5.10. The summed E-state index contributed by atoms with van der Waals surface area (Å²) in [6.07, 6.45) is 2.47. The quantitative estimate of drug-likeness (QED) is 0.299. The number of anilines is 1. The molecular weight excluding hydrogens is 488 g/mol. The Morgan fingerprint density at radius 3 is 2.76 bits per heavy atom. The van der Waals surface area contributed by atoms with E-state index in [-0.39, 0.29) is 17.6 Å². The number of aromatic amines is 1. The Labute approximate surface area is 200 Å². The highest BCUT2D eigenvalue weighted by Crippen LogP contribution is 2.35. The van der Waals surface area contributed by atoms with Gasteiger partial charge in [-0.25, -0.2) is 0 Å². The number of H-pyrrole nitrogens is 1. The number of hydrogen-bond donors (Lipinski definition) is 3. The Bertz CT molecular complexity index is 1130. The molecule has 9 heteroatoms. The number of halogens is 1. The average molecular weight is 515 g/mol. The summed E-state index contributed by atoms with van der Waals surface area (Å²) in [5.41, 5.74) is 3.67. The van der Waals surface area contributed by atoms with E-state index in [1.165, 1.54) is 6.92 Å². The lowest BCUT2D eigenvalue weighted by Crippen LogP contribution is -2.38. The van der Waals surface area contributed by atoms with Crippen molar-refractivity contribution in [1.82, 2.24) is 15.2 Å². The van der Waals surface area contributed by atoms with Crippen LogP contribution in [-0.4, -0.2) is 66.9 Å². The van der Waals surface area contributed by atoms with Crippen molar-refractivity contribution >= 4 is 50.9 Å². The number of benzene rings is 1. The van der Waals surface area contributed by atoms with Crippen molar-refractivity contribution in [1.29, 1.82) is 0 Å². The Hall–Kier alpha value is -2.75. The van der Waals surface area contributed by atoms with Gasteiger partial charge in [0, 0.05) is 40.9 Å². The second kappa shape index (κ2) is 10.0. The van der Waals surface area contributed by atoms with Crippen LogP contribution in [0.2, 0.25) is 0 Å². The smallest absolute Gasteiger partial charge is 0.268 e. The molecule has 0 aliphatic carbocycles.